The van der Waals surface area contributed by atoms with Crippen LogP contribution in [0.1, 0.15) is 31.9 Å². The fourth-order valence-corrected chi connectivity index (χ4v) is 3.24. The van der Waals surface area contributed by atoms with E-state index < -0.39 is 0 Å². The van der Waals surface area contributed by atoms with Crippen LogP contribution in [0.25, 0.3) is 6.08 Å². The predicted molar refractivity (Wildman–Crippen MR) is 102 cm³/mol. The number of imide groups is 1. The molecule has 1 aromatic carbocycles. The zero-order valence-corrected chi connectivity index (χ0v) is 16.0. The van der Waals surface area contributed by atoms with E-state index in [1.807, 2.05) is 24.3 Å². The molecule has 1 saturated heterocycles. The van der Waals surface area contributed by atoms with Crippen LogP contribution in [0.3, 0.4) is 0 Å². The number of amides is 3. The molecule has 0 unspecified atom stereocenters. The molecule has 5 nitrogen and oxygen atoms in total. The number of nitrogens with zero attached hydrogens (tertiary/aromatic N) is 1. The van der Waals surface area contributed by atoms with Crippen LogP contribution >= 0.6 is 23.4 Å². The van der Waals surface area contributed by atoms with Gasteiger partial charge in [0, 0.05) is 13.1 Å². The largest absolute Gasteiger partial charge is 0.353 e. The quantitative estimate of drug-likeness (QED) is 0.628. The van der Waals surface area contributed by atoms with Crippen molar-refractivity contribution in [3.63, 3.8) is 0 Å². The highest BCUT2D eigenvalue weighted by Gasteiger charge is 2.34. The molecule has 0 bridgehead atoms. The monoisotopic (exact) mass is 380 g/mol. The number of hydrogen-bond acceptors (Lipinski definition) is 4. The second-order valence-corrected chi connectivity index (χ2v) is 7.95. The van der Waals surface area contributed by atoms with Crippen LogP contribution in [0, 0.1) is 0 Å². The summed E-state index contributed by atoms with van der Waals surface area (Å²) in [7, 11) is 0. The number of halogens is 1. The van der Waals surface area contributed by atoms with Gasteiger partial charge in [-0.25, -0.2) is 0 Å². The first-order valence-corrected chi connectivity index (χ1v) is 9.26. The van der Waals surface area contributed by atoms with E-state index in [4.69, 9.17) is 11.6 Å². The Kier molecular flexibility index (Phi) is 6.30. The van der Waals surface area contributed by atoms with Crippen molar-refractivity contribution in [2.24, 2.45) is 0 Å². The van der Waals surface area contributed by atoms with E-state index in [2.05, 4.69) is 26.1 Å². The minimum atomic E-state index is -0.338. The Labute approximate surface area is 156 Å². The maximum Gasteiger partial charge on any atom is 0.293 e. The number of hydrogen-bond donors (Lipinski definition) is 1. The molecule has 0 saturated carbocycles. The molecule has 0 radical (unpaired) electrons. The molecule has 1 aliphatic heterocycles. The fraction of sp³-hybridized carbons (Fsp3) is 0.389. The molecule has 2 rings (SSSR count). The van der Waals surface area contributed by atoms with Gasteiger partial charge in [0.05, 0.1) is 4.91 Å². The Bertz CT molecular complexity index is 708. The van der Waals surface area contributed by atoms with Gasteiger partial charge in [-0.1, -0.05) is 45.0 Å². The number of benzene rings is 1. The summed E-state index contributed by atoms with van der Waals surface area (Å²) >= 11 is 6.30. The first-order chi connectivity index (χ1) is 11.7. The van der Waals surface area contributed by atoms with E-state index in [0.29, 0.717) is 4.91 Å². The van der Waals surface area contributed by atoms with Crippen molar-refractivity contribution in [1.29, 1.82) is 0 Å². The van der Waals surface area contributed by atoms with Crippen molar-refractivity contribution >= 4 is 46.5 Å². The lowest BCUT2D eigenvalue weighted by atomic mass is 9.87. The first kappa shape index (κ1) is 19.5. The summed E-state index contributed by atoms with van der Waals surface area (Å²) in [5.74, 6) is -0.815. The average molecular weight is 381 g/mol. The minimum absolute atomic E-state index is 0.0594. The molecule has 1 heterocycles. The summed E-state index contributed by atoms with van der Waals surface area (Å²) in [5.41, 5.74) is 2.13. The molecule has 3 amide bonds. The molecule has 0 spiro atoms. The summed E-state index contributed by atoms with van der Waals surface area (Å²) in [6.07, 6.45) is 1.72. The van der Waals surface area contributed by atoms with Crippen LogP contribution in [-0.4, -0.2) is 40.9 Å². The Balaban J connectivity index is 2.05. The average Bonchev–Trinajstić information content (AvgIpc) is 2.81. The Hall–Kier alpha value is -1.79. The lowest BCUT2D eigenvalue weighted by Crippen LogP contribution is -2.37. The SMILES string of the molecule is CC(C)(C)c1ccc(/C=C2\SC(=O)N(CCNC(=O)CCl)C2=O)cc1. The van der Waals surface area contributed by atoms with Crippen molar-refractivity contribution in [3.8, 4) is 0 Å². The van der Waals surface area contributed by atoms with Gasteiger partial charge in [-0.15, -0.1) is 11.6 Å². The topological polar surface area (TPSA) is 66.5 Å². The van der Waals surface area contributed by atoms with Gasteiger partial charge < -0.3 is 5.32 Å². The molecule has 0 aromatic heterocycles. The van der Waals surface area contributed by atoms with Gasteiger partial charge in [-0.05, 0) is 34.4 Å². The molecule has 1 fully saturated rings. The van der Waals surface area contributed by atoms with Crippen LogP contribution in [0.15, 0.2) is 29.2 Å². The molecular formula is C18H21ClN2O3S. The van der Waals surface area contributed by atoms with Crippen molar-refractivity contribution in [3.05, 3.63) is 40.3 Å². The van der Waals surface area contributed by atoms with E-state index in [1.54, 1.807) is 6.08 Å². The van der Waals surface area contributed by atoms with E-state index in [-0.39, 0.29) is 41.4 Å². The number of rotatable bonds is 5. The smallest absolute Gasteiger partial charge is 0.293 e. The maximum atomic E-state index is 12.4. The number of carbonyl (C=O) groups is 3. The van der Waals surface area contributed by atoms with Gasteiger partial charge in [0.1, 0.15) is 5.88 Å². The van der Waals surface area contributed by atoms with Crippen LogP contribution in [0.4, 0.5) is 4.79 Å². The number of alkyl halides is 1. The molecule has 0 atom stereocenters. The van der Waals surface area contributed by atoms with Crippen molar-refractivity contribution in [2.75, 3.05) is 19.0 Å². The van der Waals surface area contributed by atoms with E-state index in [0.717, 1.165) is 22.2 Å². The molecule has 25 heavy (non-hydrogen) atoms. The van der Waals surface area contributed by atoms with Gasteiger partial charge in [0.2, 0.25) is 5.91 Å². The predicted octanol–water partition coefficient (Wildman–Crippen LogP) is 3.38. The number of nitrogens with one attached hydrogen (secondary N) is 1. The standard InChI is InChI=1S/C18H21ClN2O3S/c1-18(2,3)13-6-4-12(5-7-13)10-14-16(23)21(17(24)25-14)9-8-20-15(22)11-19/h4-7,10H,8-9,11H2,1-3H3,(H,20,22)/b14-10-. The third kappa shape index (κ3) is 5.09. The maximum absolute atomic E-state index is 12.4. The zero-order chi connectivity index (χ0) is 18.6. The van der Waals surface area contributed by atoms with Gasteiger partial charge in [0.25, 0.3) is 11.1 Å². The third-order valence-corrected chi connectivity index (χ3v) is 4.88. The Morgan fingerprint density at radius 1 is 1.24 bits per heavy atom. The van der Waals surface area contributed by atoms with Crippen molar-refractivity contribution in [1.82, 2.24) is 10.2 Å². The highest BCUT2D eigenvalue weighted by atomic mass is 35.5. The van der Waals surface area contributed by atoms with Crippen LogP contribution in [-0.2, 0) is 15.0 Å². The number of thioether (sulfide) groups is 1. The van der Waals surface area contributed by atoms with Crippen LogP contribution in [0.5, 0.6) is 0 Å². The van der Waals surface area contributed by atoms with E-state index >= 15 is 0 Å². The highest BCUT2D eigenvalue weighted by Crippen LogP contribution is 2.32. The first-order valence-electron chi connectivity index (χ1n) is 7.91. The minimum Gasteiger partial charge on any atom is -0.353 e. The van der Waals surface area contributed by atoms with Crippen LogP contribution in [0.2, 0.25) is 0 Å². The van der Waals surface area contributed by atoms with E-state index in [1.165, 1.54) is 5.56 Å². The Morgan fingerprint density at radius 2 is 1.88 bits per heavy atom. The molecule has 1 N–H and O–H groups in total. The molecule has 1 aliphatic rings. The van der Waals surface area contributed by atoms with Gasteiger partial charge in [0.15, 0.2) is 0 Å². The second kappa shape index (κ2) is 8.06. The summed E-state index contributed by atoms with van der Waals surface area (Å²) in [6.45, 7) is 6.73. The lowest BCUT2D eigenvalue weighted by Gasteiger charge is -2.18. The zero-order valence-electron chi connectivity index (χ0n) is 14.5. The molecule has 134 valence electrons. The van der Waals surface area contributed by atoms with Gasteiger partial charge in [-0.3, -0.25) is 19.3 Å². The normalized spacial score (nSPS) is 16.6. The molecular weight excluding hydrogens is 360 g/mol. The molecule has 0 aliphatic carbocycles. The summed E-state index contributed by atoms with van der Waals surface area (Å²) in [6, 6.07) is 7.93. The fourth-order valence-electron chi connectivity index (χ4n) is 2.28. The van der Waals surface area contributed by atoms with Gasteiger partial charge >= 0.3 is 0 Å². The molecule has 7 heteroatoms. The third-order valence-electron chi connectivity index (χ3n) is 3.73. The van der Waals surface area contributed by atoms with Crippen molar-refractivity contribution < 1.29 is 14.4 Å². The second-order valence-electron chi connectivity index (χ2n) is 6.69. The summed E-state index contributed by atoms with van der Waals surface area (Å²) < 4.78 is 0. The van der Waals surface area contributed by atoms with E-state index in [9.17, 15) is 14.4 Å². The summed E-state index contributed by atoms with van der Waals surface area (Å²) in [4.78, 5) is 37.0. The lowest BCUT2D eigenvalue weighted by molar-refractivity contribution is -0.123. The molecule has 1 aromatic rings. The van der Waals surface area contributed by atoms with Crippen LogP contribution < -0.4 is 5.32 Å². The van der Waals surface area contributed by atoms with Gasteiger partial charge in [-0.2, -0.15) is 0 Å². The number of carbonyl (C=O) groups excluding carboxylic acids is 3. The summed E-state index contributed by atoms with van der Waals surface area (Å²) in [5, 5.41) is 2.21. The highest BCUT2D eigenvalue weighted by molar-refractivity contribution is 8.18. The van der Waals surface area contributed by atoms with Crippen molar-refractivity contribution in [2.45, 2.75) is 26.2 Å². The Morgan fingerprint density at radius 3 is 2.44 bits per heavy atom.